The fourth-order valence-corrected chi connectivity index (χ4v) is 2.27. The van der Waals surface area contributed by atoms with Gasteiger partial charge in [-0.1, -0.05) is 37.1 Å². The third-order valence-electron chi connectivity index (χ3n) is 2.55. The van der Waals surface area contributed by atoms with Gasteiger partial charge in [-0.3, -0.25) is 0 Å². The van der Waals surface area contributed by atoms with Gasteiger partial charge in [-0.25, -0.2) is 9.97 Å². The number of nitrogens with two attached hydrogens (primary N) is 1. The van der Waals surface area contributed by atoms with Crippen molar-refractivity contribution in [3.8, 4) is 11.4 Å². The van der Waals surface area contributed by atoms with Gasteiger partial charge in [-0.2, -0.15) is 0 Å². The molecule has 2 aromatic rings. The Morgan fingerprint density at radius 2 is 2.00 bits per heavy atom. The van der Waals surface area contributed by atoms with Gasteiger partial charge in [0.05, 0.1) is 15.2 Å². The van der Waals surface area contributed by atoms with E-state index in [1.807, 2.05) is 24.3 Å². The van der Waals surface area contributed by atoms with Crippen molar-refractivity contribution in [3.63, 3.8) is 0 Å². The summed E-state index contributed by atoms with van der Waals surface area (Å²) in [7, 11) is 0. The normalized spacial score (nSPS) is 10.6. The Bertz CT molecular complexity index is 572. The van der Waals surface area contributed by atoms with Crippen LogP contribution in [-0.4, -0.2) is 9.97 Å². The van der Waals surface area contributed by atoms with Crippen LogP contribution in [0.2, 0.25) is 5.02 Å². The first-order chi connectivity index (χ1) is 8.63. The van der Waals surface area contributed by atoms with Gasteiger partial charge in [0, 0.05) is 5.56 Å². The number of nitrogen functional groups attached to an aromatic ring is 1. The van der Waals surface area contributed by atoms with Crippen LogP contribution in [0.15, 0.2) is 28.7 Å². The minimum atomic E-state index is 0.448. The van der Waals surface area contributed by atoms with Crippen molar-refractivity contribution in [2.24, 2.45) is 0 Å². The van der Waals surface area contributed by atoms with E-state index in [9.17, 15) is 0 Å². The summed E-state index contributed by atoms with van der Waals surface area (Å²) in [5.74, 6) is 1.02. The summed E-state index contributed by atoms with van der Waals surface area (Å²) in [6, 6.07) is 7.49. The lowest BCUT2D eigenvalue weighted by atomic mass is 10.2. The summed E-state index contributed by atoms with van der Waals surface area (Å²) < 4.78 is 0.778. The van der Waals surface area contributed by atoms with E-state index >= 15 is 0 Å². The molecule has 1 aromatic heterocycles. The van der Waals surface area contributed by atoms with E-state index in [4.69, 9.17) is 17.3 Å². The molecule has 0 saturated heterocycles. The Hall–Kier alpha value is -1.13. The number of halogens is 2. The van der Waals surface area contributed by atoms with Gasteiger partial charge in [-0.05, 0) is 34.5 Å². The molecular weight excluding hydrogens is 314 g/mol. The molecule has 0 radical (unpaired) electrons. The quantitative estimate of drug-likeness (QED) is 0.924. The molecule has 0 fully saturated rings. The number of hydrogen-bond donors (Lipinski definition) is 1. The molecular formula is C13H13BrClN3. The first kappa shape index (κ1) is 13.3. The van der Waals surface area contributed by atoms with Gasteiger partial charge >= 0.3 is 0 Å². The summed E-state index contributed by atoms with van der Waals surface area (Å²) in [6.45, 7) is 2.10. The number of nitrogens with zero attached hydrogens (tertiary/aromatic N) is 2. The Kier molecular flexibility index (Phi) is 4.19. The largest absolute Gasteiger partial charge is 0.383 e. The summed E-state index contributed by atoms with van der Waals surface area (Å²) in [5.41, 5.74) is 7.62. The van der Waals surface area contributed by atoms with Crippen LogP contribution in [-0.2, 0) is 6.42 Å². The van der Waals surface area contributed by atoms with Crippen molar-refractivity contribution in [3.05, 3.63) is 39.5 Å². The van der Waals surface area contributed by atoms with E-state index in [0.717, 1.165) is 28.6 Å². The van der Waals surface area contributed by atoms with Crippen molar-refractivity contribution >= 4 is 33.3 Å². The molecule has 5 heteroatoms. The number of rotatable bonds is 3. The number of aromatic nitrogens is 2. The first-order valence-electron chi connectivity index (χ1n) is 5.70. The molecule has 0 atom stereocenters. The molecule has 1 heterocycles. The molecule has 18 heavy (non-hydrogen) atoms. The van der Waals surface area contributed by atoms with Crippen LogP contribution in [0.1, 0.15) is 19.0 Å². The Morgan fingerprint density at radius 1 is 1.28 bits per heavy atom. The smallest absolute Gasteiger partial charge is 0.163 e. The summed E-state index contributed by atoms with van der Waals surface area (Å²) in [5, 5.41) is 0.627. The predicted octanol–water partition coefficient (Wildman–Crippen LogP) is 4.09. The molecule has 0 unspecified atom stereocenters. The first-order valence-corrected chi connectivity index (χ1v) is 6.87. The Labute approximate surface area is 120 Å². The standard InChI is InChI=1S/C13H13BrClN3/c1-2-5-10-11(14)12(16)18-13(17-10)8-6-3-4-7-9(8)15/h3-4,6-7H,2,5H2,1H3,(H2,16,17,18). The van der Waals surface area contributed by atoms with Gasteiger partial charge in [-0.15, -0.1) is 0 Å². The Morgan fingerprint density at radius 3 is 2.67 bits per heavy atom. The molecule has 1 aromatic carbocycles. The number of hydrogen-bond acceptors (Lipinski definition) is 3. The second-order valence-corrected chi connectivity index (χ2v) is 5.12. The van der Waals surface area contributed by atoms with E-state index in [-0.39, 0.29) is 0 Å². The molecule has 0 amide bonds. The maximum absolute atomic E-state index is 6.15. The molecule has 0 spiro atoms. The minimum absolute atomic E-state index is 0.448. The van der Waals surface area contributed by atoms with E-state index in [2.05, 4.69) is 32.8 Å². The zero-order valence-electron chi connectivity index (χ0n) is 9.95. The molecule has 0 aliphatic carbocycles. The maximum atomic E-state index is 6.15. The summed E-state index contributed by atoms with van der Waals surface area (Å²) >= 11 is 9.57. The van der Waals surface area contributed by atoms with E-state index < -0.39 is 0 Å². The highest BCUT2D eigenvalue weighted by molar-refractivity contribution is 9.10. The molecule has 0 aliphatic heterocycles. The highest BCUT2D eigenvalue weighted by atomic mass is 79.9. The topological polar surface area (TPSA) is 51.8 Å². The number of aryl methyl sites for hydroxylation is 1. The van der Waals surface area contributed by atoms with Crippen LogP contribution in [0.4, 0.5) is 5.82 Å². The highest BCUT2D eigenvalue weighted by Crippen LogP contribution is 2.29. The van der Waals surface area contributed by atoms with E-state index in [1.165, 1.54) is 0 Å². The van der Waals surface area contributed by atoms with Crippen LogP contribution >= 0.6 is 27.5 Å². The highest BCUT2D eigenvalue weighted by Gasteiger charge is 2.12. The molecule has 0 aliphatic rings. The average Bonchev–Trinajstić information content (AvgIpc) is 2.35. The van der Waals surface area contributed by atoms with Crippen molar-refractivity contribution < 1.29 is 0 Å². The summed E-state index contributed by atoms with van der Waals surface area (Å²) in [6.07, 6.45) is 1.85. The maximum Gasteiger partial charge on any atom is 0.163 e. The average molecular weight is 327 g/mol. The third-order valence-corrected chi connectivity index (χ3v) is 3.74. The van der Waals surface area contributed by atoms with Gasteiger partial charge < -0.3 is 5.73 Å². The fraction of sp³-hybridized carbons (Fsp3) is 0.231. The molecule has 2 N–H and O–H groups in total. The van der Waals surface area contributed by atoms with Crippen LogP contribution < -0.4 is 5.73 Å². The van der Waals surface area contributed by atoms with Crippen molar-refractivity contribution in [2.75, 3.05) is 5.73 Å². The second kappa shape index (κ2) is 5.67. The molecule has 0 bridgehead atoms. The zero-order valence-corrected chi connectivity index (χ0v) is 12.3. The minimum Gasteiger partial charge on any atom is -0.383 e. The molecule has 0 saturated carbocycles. The van der Waals surface area contributed by atoms with E-state index in [0.29, 0.717) is 16.7 Å². The van der Waals surface area contributed by atoms with Gasteiger partial charge in [0.15, 0.2) is 5.82 Å². The molecule has 2 rings (SSSR count). The lowest BCUT2D eigenvalue weighted by molar-refractivity contribution is 0.870. The lowest BCUT2D eigenvalue weighted by Gasteiger charge is -2.09. The monoisotopic (exact) mass is 325 g/mol. The van der Waals surface area contributed by atoms with Crippen molar-refractivity contribution in [2.45, 2.75) is 19.8 Å². The zero-order chi connectivity index (χ0) is 13.1. The van der Waals surface area contributed by atoms with Crippen LogP contribution in [0, 0.1) is 0 Å². The number of anilines is 1. The molecule has 94 valence electrons. The predicted molar refractivity (Wildman–Crippen MR) is 78.6 cm³/mol. The molecule has 3 nitrogen and oxygen atoms in total. The Balaban J connectivity index is 2.56. The van der Waals surface area contributed by atoms with Gasteiger partial charge in [0.1, 0.15) is 5.82 Å². The van der Waals surface area contributed by atoms with Crippen LogP contribution in [0.3, 0.4) is 0 Å². The summed E-state index contributed by atoms with van der Waals surface area (Å²) in [4.78, 5) is 8.81. The SMILES string of the molecule is CCCc1nc(-c2ccccc2Cl)nc(N)c1Br. The van der Waals surface area contributed by atoms with Crippen molar-refractivity contribution in [1.82, 2.24) is 9.97 Å². The van der Waals surface area contributed by atoms with Gasteiger partial charge in [0.2, 0.25) is 0 Å². The lowest BCUT2D eigenvalue weighted by Crippen LogP contribution is -2.03. The van der Waals surface area contributed by atoms with Crippen LogP contribution in [0.5, 0.6) is 0 Å². The fourth-order valence-electron chi connectivity index (χ4n) is 1.68. The second-order valence-electron chi connectivity index (χ2n) is 3.92. The van der Waals surface area contributed by atoms with Crippen LogP contribution in [0.25, 0.3) is 11.4 Å². The van der Waals surface area contributed by atoms with Crippen molar-refractivity contribution in [1.29, 1.82) is 0 Å². The van der Waals surface area contributed by atoms with E-state index in [1.54, 1.807) is 0 Å². The third kappa shape index (κ3) is 2.65. The van der Waals surface area contributed by atoms with Gasteiger partial charge in [0.25, 0.3) is 0 Å². The number of benzene rings is 1.